The van der Waals surface area contributed by atoms with E-state index in [0.29, 0.717) is 5.69 Å². The van der Waals surface area contributed by atoms with Gasteiger partial charge in [-0.2, -0.15) is 0 Å². The van der Waals surface area contributed by atoms with E-state index in [1.807, 2.05) is 39.0 Å². The lowest BCUT2D eigenvalue weighted by atomic mass is 10.1. The van der Waals surface area contributed by atoms with Crippen molar-refractivity contribution in [1.29, 1.82) is 0 Å². The van der Waals surface area contributed by atoms with E-state index in [4.69, 9.17) is 0 Å². The molecule has 1 aromatic carbocycles. The van der Waals surface area contributed by atoms with E-state index >= 15 is 0 Å². The number of aryl methyl sites for hydroxylation is 3. The summed E-state index contributed by atoms with van der Waals surface area (Å²) >= 11 is 1.22. The number of nitrogens with one attached hydrogen (secondary N) is 2. The molecule has 0 spiro atoms. The summed E-state index contributed by atoms with van der Waals surface area (Å²) in [6.45, 7) is 5.53. The van der Waals surface area contributed by atoms with Gasteiger partial charge < -0.3 is 5.32 Å². The molecule has 0 saturated carbocycles. The van der Waals surface area contributed by atoms with Gasteiger partial charge in [-0.1, -0.05) is 24.6 Å². The minimum absolute atomic E-state index is 0.230. The quantitative estimate of drug-likeness (QED) is 0.839. The van der Waals surface area contributed by atoms with Gasteiger partial charge in [-0.05, 0) is 44.0 Å². The smallest absolute Gasteiger partial charge is 0.250 e. The third-order valence-corrected chi connectivity index (χ3v) is 6.45. The zero-order valence-corrected chi connectivity index (χ0v) is 15.0. The summed E-state index contributed by atoms with van der Waals surface area (Å²) in [6.07, 6.45) is 0.785. The number of hydrogen-bond acceptors (Lipinski definition) is 4. The van der Waals surface area contributed by atoms with Gasteiger partial charge in [0.05, 0.1) is 6.54 Å². The summed E-state index contributed by atoms with van der Waals surface area (Å²) in [7, 11) is -3.65. The highest BCUT2D eigenvalue weighted by atomic mass is 32.2. The van der Waals surface area contributed by atoms with Gasteiger partial charge in [0.1, 0.15) is 4.21 Å². The topological polar surface area (TPSA) is 75.3 Å². The maximum absolute atomic E-state index is 12.1. The van der Waals surface area contributed by atoms with Crippen LogP contribution in [0.4, 0.5) is 5.69 Å². The van der Waals surface area contributed by atoms with Gasteiger partial charge in [0.2, 0.25) is 5.91 Å². The van der Waals surface area contributed by atoms with Crippen LogP contribution >= 0.6 is 11.3 Å². The Labute approximate surface area is 140 Å². The molecule has 0 atom stereocenters. The second kappa shape index (κ2) is 7.25. The highest BCUT2D eigenvalue weighted by Gasteiger charge is 2.18. The number of carbonyl (C=O) groups excluding carboxylic acids is 1. The molecule has 1 heterocycles. The second-order valence-corrected chi connectivity index (χ2v) is 8.43. The number of benzene rings is 1. The molecule has 1 amide bonds. The predicted molar refractivity (Wildman–Crippen MR) is 93.4 cm³/mol. The van der Waals surface area contributed by atoms with E-state index in [1.54, 1.807) is 12.1 Å². The number of sulfonamides is 1. The first kappa shape index (κ1) is 17.7. The zero-order chi connectivity index (χ0) is 17.0. The summed E-state index contributed by atoms with van der Waals surface area (Å²) in [5.41, 5.74) is 2.72. The monoisotopic (exact) mass is 352 g/mol. The molecule has 0 aliphatic rings. The van der Waals surface area contributed by atoms with Crippen LogP contribution in [-0.4, -0.2) is 20.9 Å². The van der Waals surface area contributed by atoms with Gasteiger partial charge in [-0.25, -0.2) is 13.1 Å². The van der Waals surface area contributed by atoms with Crippen molar-refractivity contribution >= 4 is 33.0 Å². The number of thiophene rings is 1. The van der Waals surface area contributed by atoms with Crippen molar-refractivity contribution in [2.24, 2.45) is 0 Å². The Hall–Kier alpha value is -1.70. The van der Waals surface area contributed by atoms with Crippen molar-refractivity contribution in [2.75, 3.05) is 11.9 Å². The number of anilines is 1. The minimum Gasteiger partial charge on any atom is -0.325 e. The van der Waals surface area contributed by atoms with E-state index in [2.05, 4.69) is 10.0 Å². The maximum atomic E-state index is 12.1. The lowest BCUT2D eigenvalue weighted by molar-refractivity contribution is -0.115. The van der Waals surface area contributed by atoms with E-state index in [-0.39, 0.29) is 10.8 Å². The van der Waals surface area contributed by atoms with Crippen LogP contribution in [0.15, 0.2) is 34.5 Å². The Morgan fingerprint density at radius 1 is 1.17 bits per heavy atom. The van der Waals surface area contributed by atoms with E-state index < -0.39 is 15.9 Å². The van der Waals surface area contributed by atoms with Crippen molar-refractivity contribution < 1.29 is 13.2 Å². The molecule has 23 heavy (non-hydrogen) atoms. The van der Waals surface area contributed by atoms with Crippen LogP contribution in [0.3, 0.4) is 0 Å². The first-order valence-corrected chi connectivity index (χ1v) is 9.57. The normalized spacial score (nSPS) is 11.4. The molecule has 0 aliphatic carbocycles. The van der Waals surface area contributed by atoms with E-state index in [0.717, 1.165) is 22.4 Å². The molecule has 0 fully saturated rings. The highest BCUT2D eigenvalue weighted by Crippen LogP contribution is 2.21. The van der Waals surface area contributed by atoms with Gasteiger partial charge >= 0.3 is 0 Å². The first-order chi connectivity index (χ1) is 10.8. The summed E-state index contributed by atoms with van der Waals surface area (Å²) in [6, 6.07) is 9.01. The SMILES string of the molecule is CCc1ccc(S(=O)(=O)NCC(=O)Nc2ccc(C)cc2C)s1. The Morgan fingerprint density at radius 2 is 1.91 bits per heavy atom. The van der Waals surface area contributed by atoms with Crippen LogP contribution in [0, 0.1) is 13.8 Å². The maximum Gasteiger partial charge on any atom is 0.250 e. The van der Waals surface area contributed by atoms with E-state index in [1.165, 1.54) is 11.3 Å². The largest absolute Gasteiger partial charge is 0.325 e. The zero-order valence-electron chi connectivity index (χ0n) is 13.3. The summed E-state index contributed by atoms with van der Waals surface area (Å²) in [5, 5.41) is 2.72. The lowest BCUT2D eigenvalue weighted by Gasteiger charge is -2.09. The predicted octanol–water partition coefficient (Wildman–Crippen LogP) is 2.84. The summed E-state index contributed by atoms with van der Waals surface area (Å²) in [5.74, 6) is -0.396. The summed E-state index contributed by atoms with van der Waals surface area (Å²) < 4.78 is 26.9. The highest BCUT2D eigenvalue weighted by molar-refractivity contribution is 7.91. The second-order valence-electron chi connectivity index (χ2n) is 5.27. The molecule has 2 rings (SSSR count). The van der Waals surface area contributed by atoms with E-state index in [9.17, 15) is 13.2 Å². The molecular weight excluding hydrogens is 332 g/mol. The number of amides is 1. The molecule has 7 heteroatoms. The van der Waals surface area contributed by atoms with Crippen LogP contribution < -0.4 is 10.0 Å². The molecule has 0 unspecified atom stereocenters. The van der Waals surface area contributed by atoms with Gasteiger partial charge in [0, 0.05) is 10.6 Å². The molecule has 0 radical (unpaired) electrons. The van der Waals surface area contributed by atoms with Crippen LogP contribution in [0.2, 0.25) is 0 Å². The molecule has 124 valence electrons. The van der Waals surface area contributed by atoms with Gasteiger partial charge in [-0.3, -0.25) is 4.79 Å². The Kier molecular flexibility index (Phi) is 5.56. The Bertz CT molecular complexity index is 810. The van der Waals surface area contributed by atoms with Crippen LogP contribution in [0.25, 0.3) is 0 Å². The number of carbonyl (C=O) groups is 1. The summed E-state index contributed by atoms with van der Waals surface area (Å²) in [4.78, 5) is 12.9. The van der Waals surface area contributed by atoms with Crippen molar-refractivity contribution in [3.63, 3.8) is 0 Å². The average molecular weight is 352 g/mol. The molecule has 0 saturated heterocycles. The fraction of sp³-hybridized carbons (Fsp3) is 0.312. The number of hydrogen-bond donors (Lipinski definition) is 2. The fourth-order valence-corrected chi connectivity index (χ4v) is 4.39. The molecular formula is C16H20N2O3S2. The van der Waals surface area contributed by atoms with Crippen molar-refractivity contribution in [1.82, 2.24) is 4.72 Å². The van der Waals surface area contributed by atoms with Gasteiger partial charge in [0.15, 0.2) is 0 Å². The third kappa shape index (κ3) is 4.63. The number of rotatable bonds is 6. The first-order valence-electron chi connectivity index (χ1n) is 7.27. The van der Waals surface area contributed by atoms with Crippen LogP contribution in [0.1, 0.15) is 22.9 Å². The van der Waals surface area contributed by atoms with Gasteiger partial charge in [0.25, 0.3) is 10.0 Å². The molecule has 0 aliphatic heterocycles. The van der Waals surface area contributed by atoms with Crippen molar-refractivity contribution in [2.45, 2.75) is 31.4 Å². The van der Waals surface area contributed by atoms with Crippen molar-refractivity contribution in [3.05, 3.63) is 46.3 Å². The standard InChI is InChI=1S/C16H20N2O3S2/c1-4-13-6-8-16(22-13)23(20,21)17-10-15(19)18-14-7-5-11(2)9-12(14)3/h5-9,17H,4,10H2,1-3H3,(H,18,19). The molecule has 2 aromatic rings. The fourth-order valence-electron chi connectivity index (χ4n) is 2.07. The molecule has 1 aromatic heterocycles. The molecule has 0 bridgehead atoms. The Morgan fingerprint density at radius 3 is 2.52 bits per heavy atom. The average Bonchev–Trinajstić information content (AvgIpc) is 2.98. The third-order valence-electron chi connectivity index (χ3n) is 3.33. The van der Waals surface area contributed by atoms with Crippen LogP contribution in [-0.2, 0) is 21.2 Å². The lowest BCUT2D eigenvalue weighted by Crippen LogP contribution is -2.32. The minimum atomic E-state index is -3.65. The van der Waals surface area contributed by atoms with Crippen LogP contribution in [0.5, 0.6) is 0 Å². The van der Waals surface area contributed by atoms with Crippen molar-refractivity contribution in [3.8, 4) is 0 Å². The molecule has 5 nitrogen and oxygen atoms in total. The molecule has 2 N–H and O–H groups in total. The van der Waals surface area contributed by atoms with Gasteiger partial charge in [-0.15, -0.1) is 11.3 Å². The Balaban J connectivity index is 1.98.